The summed E-state index contributed by atoms with van der Waals surface area (Å²) in [5, 5.41) is 12.3. The number of benzene rings is 1. The maximum atomic E-state index is 11.1. The SMILES string of the molecule is O=C(O)C(CCSc1ccccc1Br)NC1CC1. The van der Waals surface area contributed by atoms with Crippen LogP contribution in [-0.4, -0.2) is 28.9 Å². The van der Waals surface area contributed by atoms with E-state index in [2.05, 4.69) is 21.2 Å². The van der Waals surface area contributed by atoms with Crippen molar-refractivity contribution in [2.45, 2.75) is 36.2 Å². The van der Waals surface area contributed by atoms with Crippen molar-refractivity contribution in [3.63, 3.8) is 0 Å². The quantitative estimate of drug-likeness (QED) is 0.754. The number of halogens is 1. The van der Waals surface area contributed by atoms with E-state index in [9.17, 15) is 4.79 Å². The Kier molecular flexibility index (Phi) is 5.09. The molecule has 2 N–H and O–H groups in total. The van der Waals surface area contributed by atoms with Crippen LogP contribution in [0, 0.1) is 0 Å². The molecule has 0 saturated heterocycles. The van der Waals surface area contributed by atoms with Gasteiger partial charge in [0.1, 0.15) is 6.04 Å². The van der Waals surface area contributed by atoms with Crippen molar-refractivity contribution in [2.75, 3.05) is 5.75 Å². The number of hydrogen-bond donors (Lipinski definition) is 2. The van der Waals surface area contributed by atoms with Gasteiger partial charge in [-0.25, -0.2) is 0 Å². The lowest BCUT2D eigenvalue weighted by Gasteiger charge is -2.13. The van der Waals surface area contributed by atoms with Crippen LogP contribution in [0.15, 0.2) is 33.6 Å². The maximum absolute atomic E-state index is 11.1. The van der Waals surface area contributed by atoms with Crippen LogP contribution in [0.25, 0.3) is 0 Å². The minimum Gasteiger partial charge on any atom is -0.480 e. The van der Waals surface area contributed by atoms with E-state index in [0.29, 0.717) is 12.5 Å². The Balaban J connectivity index is 1.79. The van der Waals surface area contributed by atoms with Crippen molar-refractivity contribution in [2.24, 2.45) is 0 Å². The minimum absolute atomic E-state index is 0.410. The summed E-state index contributed by atoms with van der Waals surface area (Å²) in [6, 6.07) is 8.03. The average Bonchev–Trinajstić information content (AvgIpc) is 3.14. The number of thioether (sulfide) groups is 1. The van der Waals surface area contributed by atoms with E-state index in [1.54, 1.807) is 11.8 Å². The van der Waals surface area contributed by atoms with Crippen molar-refractivity contribution in [3.05, 3.63) is 28.7 Å². The zero-order valence-electron chi connectivity index (χ0n) is 9.93. The van der Waals surface area contributed by atoms with E-state index in [-0.39, 0.29) is 0 Å². The molecule has 5 heteroatoms. The highest BCUT2D eigenvalue weighted by Gasteiger charge is 2.27. The van der Waals surface area contributed by atoms with E-state index in [1.165, 1.54) is 0 Å². The van der Waals surface area contributed by atoms with Gasteiger partial charge in [0.15, 0.2) is 0 Å². The summed E-state index contributed by atoms with van der Waals surface area (Å²) < 4.78 is 1.07. The standard InChI is InChI=1S/C13H16BrNO2S/c14-10-3-1-2-4-12(10)18-8-7-11(13(16)17)15-9-5-6-9/h1-4,9,11,15H,5-8H2,(H,16,17). The van der Waals surface area contributed by atoms with Crippen LogP contribution in [0.2, 0.25) is 0 Å². The Hall–Kier alpha value is -0.520. The second-order valence-corrected chi connectivity index (χ2v) is 6.39. The highest BCUT2D eigenvalue weighted by atomic mass is 79.9. The second kappa shape index (κ2) is 6.59. The van der Waals surface area contributed by atoms with Crippen LogP contribution in [0.5, 0.6) is 0 Å². The number of carbonyl (C=O) groups is 1. The highest BCUT2D eigenvalue weighted by Crippen LogP contribution is 2.28. The zero-order valence-corrected chi connectivity index (χ0v) is 12.3. The molecule has 2 rings (SSSR count). The summed E-state index contributed by atoms with van der Waals surface area (Å²) in [5.41, 5.74) is 0. The molecule has 1 aliphatic rings. The summed E-state index contributed by atoms with van der Waals surface area (Å²) in [6.45, 7) is 0. The Morgan fingerprint density at radius 3 is 2.83 bits per heavy atom. The first-order chi connectivity index (χ1) is 8.66. The fourth-order valence-corrected chi connectivity index (χ4v) is 3.24. The lowest BCUT2D eigenvalue weighted by atomic mass is 10.2. The highest BCUT2D eigenvalue weighted by molar-refractivity contribution is 9.10. The van der Waals surface area contributed by atoms with E-state index < -0.39 is 12.0 Å². The van der Waals surface area contributed by atoms with Crippen molar-refractivity contribution in [1.82, 2.24) is 5.32 Å². The molecule has 1 saturated carbocycles. The van der Waals surface area contributed by atoms with Gasteiger partial charge in [0.05, 0.1) is 0 Å². The van der Waals surface area contributed by atoms with Gasteiger partial charge in [-0.15, -0.1) is 11.8 Å². The third kappa shape index (κ3) is 4.30. The Morgan fingerprint density at radius 2 is 2.22 bits per heavy atom. The lowest BCUT2D eigenvalue weighted by Crippen LogP contribution is -2.38. The van der Waals surface area contributed by atoms with Gasteiger partial charge in [0.25, 0.3) is 0 Å². The number of aliphatic carboxylic acids is 1. The molecule has 1 aromatic rings. The Bertz CT molecular complexity index is 423. The molecule has 0 aromatic heterocycles. The molecular weight excluding hydrogens is 314 g/mol. The monoisotopic (exact) mass is 329 g/mol. The largest absolute Gasteiger partial charge is 0.480 e. The van der Waals surface area contributed by atoms with Crippen molar-refractivity contribution in [3.8, 4) is 0 Å². The summed E-state index contributed by atoms with van der Waals surface area (Å²) >= 11 is 5.18. The van der Waals surface area contributed by atoms with Crippen molar-refractivity contribution >= 4 is 33.7 Å². The van der Waals surface area contributed by atoms with Gasteiger partial charge in [-0.1, -0.05) is 12.1 Å². The molecule has 0 spiro atoms. The molecule has 18 heavy (non-hydrogen) atoms. The number of nitrogens with one attached hydrogen (secondary N) is 1. The number of carboxylic acid groups (broad SMARTS) is 1. The van der Waals surface area contributed by atoms with Gasteiger partial charge >= 0.3 is 5.97 Å². The average molecular weight is 330 g/mol. The Labute approximate surface area is 119 Å². The molecule has 0 radical (unpaired) electrons. The number of carboxylic acids is 1. The molecule has 1 fully saturated rings. The summed E-state index contributed by atoms with van der Waals surface area (Å²) in [5.74, 6) is 0.0638. The molecule has 0 bridgehead atoms. The molecule has 1 aliphatic carbocycles. The van der Waals surface area contributed by atoms with Gasteiger partial charge < -0.3 is 10.4 Å². The molecule has 98 valence electrons. The molecular formula is C13H16BrNO2S. The van der Waals surface area contributed by atoms with Gasteiger partial charge in [-0.05, 0) is 47.3 Å². The van der Waals surface area contributed by atoms with Crippen LogP contribution in [0.4, 0.5) is 0 Å². The van der Waals surface area contributed by atoms with Crippen LogP contribution in [0.3, 0.4) is 0 Å². The second-order valence-electron chi connectivity index (χ2n) is 4.40. The minimum atomic E-state index is -0.741. The van der Waals surface area contributed by atoms with Crippen LogP contribution < -0.4 is 5.32 Å². The topological polar surface area (TPSA) is 49.3 Å². The smallest absolute Gasteiger partial charge is 0.320 e. The summed E-state index contributed by atoms with van der Waals surface area (Å²) in [4.78, 5) is 12.3. The van der Waals surface area contributed by atoms with Crippen LogP contribution in [-0.2, 0) is 4.79 Å². The predicted molar refractivity (Wildman–Crippen MR) is 77.1 cm³/mol. The van der Waals surface area contributed by atoms with E-state index >= 15 is 0 Å². The lowest BCUT2D eigenvalue weighted by molar-refractivity contribution is -0.139. The first kappa shape index (κ1) is 13.9. The molecule has 3 nitrogen and oxygen atoms in total. The molecule has 0 aliphatic heterocycles. The predicted octanol–water partition coefficient (Wildman–Crippen LogP) is 3.14. The van der Waals surface area contributed by atoms with Gasteiger partial charge in [0, 0.05) is 21.2 Å². The summed E-state index contributed by atoms with van der Waals surface area (Å²) in [7, 11) is 0. The van der Waals surface area contributed by atoms with Gasteiger partial charge in [-0.2, -0.15) is 0 Å². The Morgan fingerprint density at radius 1 is 1.50 bits per heavy atom. The van der Waals surface area contributed by atoms with Crippen molar-refractivity contribution in [1.29, 1.82) is 0 Å². The van der Waals surface area contributed by atoms with E-state index in [4.69, 9.17) is 5.11 Å². The van der Waals surface area contributed by atoms with Gasteiger partial charge in [-0.3, -0.25) is 4.79 Å². The normalized spacial score (nSPS) is 16.5. The third-order valence-electron chi connectivity index (χ3n) is 2.81. The first-order valence-electron chi connectivity index (χ1n) is 6.03. The van der Waals surface area contributed by atoms with E-state index in [0.717, 1.165) is 28.0 Å². The number of rotatable bonds is 7. The fraction of sp³-hybridized carbons (Fsp3) is 0.462. The van der Waals surface area contributed by atoms with Crippen LogP contribution >= 0.6 is 27.7 Å². The molecule has 0 heterocycles. The molecule has 1 aromatic carbocycles. The first-order valence-corrected chi connectivity index (χ1v) is 7.81. The van der Waals surface area contributed by atoms with Gasteiger partial charge in [0.2, 0.25) is 0 Å². The summed E-state index contributed by atoms with van der Waals surface area (Å²) in [6.07, 6.45) is 2.88. The third-order valence-corrected chi connectivity index (χ3v) is 4.87. The van der Waals surface area contributed by atoms with E-state index in [1.807, 2.05) is 24.3 Å². The fourth-order valence-electron chi connectivity index (χ4n) is 1.66. The van der Waals surface area contributed by atoms with Crippen LogP contribution in [0.1, 0.15) is 19.3 Å². The zero-order chi connectivity index (χ0) is 13.0. The molecule has 1 atom stereocenters. The van der Waals surface area contributed by atoms with Crippen molar-refractivity contribution < 1.29 is 9.90 Å². The molecule has 0 amide bonds. The maximum Gasteiger partial charge on any atom is 0.320 e. The molecule has 1 unspecified atom stereocenters. The number of hydrogen-bond acceptors (Lipinski definition) is 3.